The van der Waals surface area contributed by atoms with Crippen molar-refractivity contribution < 1.29 is 38.6 Å². The van der Waals surface area contributed by atoms with Crippen LogP contribution in [0.1, 0.15) is 63.9 Å². The normalized spacial score (nSPS) is 14.5. The third-order valence-electron chi connectivity index (χ3n) is 6.60. The SMILES string of the molecule is CCNC(=O)OCCN(C)C(=O)CC[C@H](NC(=O)C(CC1CCCCC1)=NC(=O)OCc1cccc(Cl)c1)C(=O)O. The lowest BCUT2D eigenvalue weighted by atomic mass is 9.85. The Morgan fingerprint density at radius 1 is 1.15 bits per heavy atom. The van der Waals surface area contributed by atoms with E-state index in [1.165, 1.54) is 11.9 Å². The summed E-state index contributed by atoms with van der Waals surface area (Å²) >= 11 is 5.96. The molecule has 12 nitrogen and oxygen atoms in total. The molecule has 13 heteroatoms. The van der Waals surface area contributed by atoms with Gasteiger partial charge in [-0.25, -0.2) is 14.4 Å². The topological polar surface area (TPSA) is 164 Å². The van der Waals surface area contributed by atoms with Crippen LogP contribution < -0.4 is 10.6 Å². The largest absolute Gasteiger partial charge is 0.480 e. The summed E-state index contributed by atoms with van der Waals surface area (Å²) in [6, 6.07) is 5.38. The van der Waals surface area contributed by atoms with Gasteiger partial charge in [0.15, 0.2) is 0 Å². The number of carbonyl (C=O) groups is 5. The second kappa shape index (κ2) is 17.9. The van der Waals surface area contributed by atoms with Crippen molar-refractivity contribution in [3.8, 4) is 0 Å². The lowest BCUT2D eigenvalue weighted by Gasteiger charge is -2.23. The van der Waals surface area contributed by atoms with Crippen molar-refractivity contribution in [1.29, 1.82) is 0 Å². The van der Waals surface area contributed by atoms with E-state index < -0.39 is 30.1 Å². The number of halogens is 1. The van der Waals surface area contributed by atoms with Gasteiger partial charge in [0.25, 0.3) is 5.91 Å². The highest BCUT2D eigenvalue weighted by Gasteiger charge is 2.27. The number of likely N-dealkylation sites (N-methyl/N-ethyl adjacent to an activating group) is 1. The standard InChI is InChI=1S/C28H39ClN4O8/c1-3-30-27(38)40-15-14-33(2)24(34)13-12-22(26(36)37)31-25(35)23(17-19-8-5-4-6-9-19)32-28(39)41-18-20-10-7-11-21(29)16-20/h7,10-11,16,19,22H,3-6,8-9,12-15,17-18H2,1-2H3,(H,30,38)(H,31,35)(H,36,37)/t22-/m0/s1. The van der Waals surface area contributed by atoms with Crippen LogP contribution >= 0.6 is 11.6 Å². The molecule has 1 aromatic carbocycles. The van der Waals surface area contributed by atoms with Gasteiger partial charge < -0.3 is 30.1 Å². The van der Waals surface area contributed by atoms with Gasteiger partial charge in [-0.1, -0.05) is 55.8 Å². The zero-order chi connectivity index (χ0) is 30.2. The number of hydrogen-bond acceptors (Lipinski definition) is 7. The van der Waals surface area contributed by atoms with Crippen molar-refractivity contribution in [2.45, 2.75) is 70.9 Å². The molecule has 0 bridgehead atoms. The summed E-state index contributed by atoms with van der Waals surface area (Å²) < 4.78 is 10.1. The fourth-order valence-corrected chi connectivity index (χ4v) is 4.53. The van der Waals surface area contributed by atoms with Gasteiger partial charge in [0.2, 0.25) is 5.91 Å². The first-order valence-electron chi connectivity index (χ1n) is 13.8. The maximum Gasteiger partial charge on any atom is 0.434 e. The molecule has 0 spiro atoms. The minimum atomic E-state index is -1.38. The number of benzene rings is 1. The van der Waals surface area contributed by atoms with E-state index in [4.69, 9.17) is 21.1 Å². The minimum absolute atomic E-state index is 0.0262. The molecule has 226 valence electrons. The summed E-state index contributed by atoms with van der Waals surface area (Å²) in [6.07, 6.45) is 3.12. The quantitative estimate of drug-likeness (QED) is 0.273. The van der Waals surface area contributed by atoms with E-state index in [1.807, 2.05) is 0 Å². The Kier molecular flexibility index (Phi) is 14.6. The zero-order valence-corrected chi connectivity index (χ0v) is 24.3. The van der Waals surface area contributed by atoms with Gasteiger partial charge >= 0.3 is 18.2 Å². The zero-order valence-electron chi connectivity index (χ0n) is 23.5. The maximum atomic E-state index is 13.1. The Morgan fingerprint density at radius 3 is 2.54 bits per heavy atom. The van der Waals surface area contributed by atoms with Gasteiger partial charge in [-0.2, -0.15) is 4.99 Å². The van der Waals surface area contributed by atoms with E-state index in [9.17, 15) is 29.1 Å². The van der Waals surface area contributed by atoms with E-state index in [0.29, 0.717) is 17.1 Å². The van der Waals surface area contributed by atoms with Crippen LogP contribution in [0.5, 0.6) is 0 Å². The molecule has 0 aliphatic heterocycles. The van der Waals surface area contributed by atoms with Crippen LogP contribution in [-0.2, 0) is 30.5 Å². The summed E-state index contributed by atoms with van der Waals surface area (Å²) in [5, 5.41) is 15.1. The number of ether oxygens (including phenoxy) is 2. The van der Waals surface area contributed by atoms with Gasteiger partial charge in [-0.05, 0) is 43.4 Å². The Hall–Kier alpha value is -3.67. The Morgan fingerprint density at radius 2 is 1.88 bits per heavy atom. The van der Waals surface area contributed by atoms with Crippen molar-refractivity contribution in [3.05, 3.63) is 34.9 Å². The highest BCUT2D eigenvalue weighted by Crippen LogP contribution is 2.27. The summed E-state index contributed by atoms with van der Waals surface area (Å²) in [5.41, 5.74) is 0.542. The van der Waals surface area contributed by atoms with Crippen LogP contribution in [0.25, 0.3) is 0 Å². The molecule has 0 heterocycles. The Labute approximate surface area is 244 Å². The lowest BCUT2D eigenvalue weighted by molar-refractivity contribution is -0.141. The van der Waals surface area contributed by atoms with E-state index in [0.717, 1.165) is 32.1 Å². The summed E-state index contributed by atoms with van der Waals surface area (Å²) in [6.45, 7) is 2.15. The number of carboxylic acid groups (broad SMARTS) is 1. The molecule has 0 aromatic heterocycles. The second-order valence-corrected chi connectivity index (χ2v) is 10.3. The molecule has 1 saturated carbocycles. The summed E-state index contributed by atoms with van der Waals surface area (Å²) in [7, 11) is 1.50. The first kappa shape index (κ1) is 33.5. The molecule has 1 aromatic rings. The third-order valence-corrected chi connectivity index (χ3v) is 6.84. The van der Waals surface area contributed by atoms with Gasteiger partial charge in [0.1, 0.15) is 25.0 Å². The molecule has 1 atom stereocenters. The maximum absolute atomic E-state index is 13.1. The number of nitrogens with zero attached hydrogens (tertiary/aromatic N) is 2. The molecule has 0 unspecified atom stereocenters. The molecule has 1 aliphatic carbocycles. The molecular formula is C28H39ClN4O8. The highest BCUT2D eigenvalue weighted by molar-refractivity contribution is 6.40. The second-order valence-electron chi connectivity index (χ2n) is 9.84. The van der Waals surface area contributed by atoms with Crippen molar-refractivity contribution in [2.24, 2.45) is 10.9 Å². The number of alkyl carbamates (subject to hydrolysis) is 1. The number of carbonyl (C=O) groups excluding carboxylic acids is 4. The van der Waals surface area contributed by atoms with Crippen molar-refractivity contribution in [1.82, 2.24) is 15.5 Å². The molecule has 4 amide bonds. The minimum Gasteiger partial charge on any atom is -0.480 e. The predicted molar refractivity (Wildman–Crippen MR) is 152 cm³/mol. The first-order chi connectivity index (χ1) is 19.6. The van der Waals surface area contributed by atoms with Gasteiger partial charge in [0, 0.05) is 25.0 Å². The molecule has 1 aliphatic rings. The monoisotopic (exact) mass is 594 g/mol. The summed E-state index contributed by atoms with van der Waals surface area (Å²) in [5.74, 6) is -2.37. The van der Waals surface area contributed by atoms with Crippen LogP contribution in [0.15, 0.2) is 29.3 Å². The fraction of sp³-hybridized carbons (Fsp3) is 0.571. The number of aliphatic imine (C=N–C) groups is 1. The number of aliphatic carboxylic acids is 1. The van der Waals surface area contributed by atoms with Gasteiger partial charge in [-0.15, -0.1) is 0 Å². The van der Waals surface area contributed by atoms with Gasteiger partial charge in [0.05, 0.1) is 6.54 Å². The lowest BCUT2D eigenvalue weighted by Crippen LogP contribution is -2.45. The molecule has 3 N–H and O–H groups in total. The Balaban J connectivity index is 2.00. The number of rotatable bonds is 14. The fourth-order valence-electron chi connectivity index (χ4n) is 4.32. The van der Waals surface area contributed by atoms with Crippen LogP contribution in [-0.4, -0.2) is 78.5 Å². The smallest absolute Gasteiger partial charge is 0.434 e. The van der Waals surface area contributed by atoms with Crippen molar-refractivity contribution >= 4 is 47.3 Å². The van der Waals surface area contributed by atoms with E-state index in [-0.39, 0.29) is 56.6 Å². The average Bonchev–Trinajstić information content (AvgIpc) is 2.94. The highest BCUT2D eigenvalue weighted by atomic mass is 35.5. The molecule has 0 radical (unpaired) electrons. The Bertz CT molecular complexity index is 1090. The molecule has 1 fully saturated rings. The van der Waals surface area contributed by atoms with E-state index >= 15 is 0 Å². The third kappa shape index (κ3) is 13.0. The van der Waals surface area contributed by atoms with E-state index in [2.05, 4.69) is 15.6 Å². The van der Waals surface area contributed by atoms with Crippen LogP contribution in [0.2, 0.25) is 5.02 Å². The van der Waals surface area contributed by atoms with Crippen LogP contribution in [0, 0.1) is 5.92 Å². The number of carboxylic acids is 1. The first-order valence-corrected chi connectivity index (χ1v) is 14.1. The molecular weight excluding hydrogens is 556 g/mol. The summed E-state index contributed by atoms with van der Waals surface area (Å²) in [4.78, 5) is 66.6. The molecule has 2 rings (SSSR count). The number of amides is 4. The average molecular weight is 595 g/mol. The molecule has 41 heavy (non-hydrogen) atoms. The van der Waals surface area contributed by atoms with Crippen LogP contribution in [0.3, 0.4) is 0 Å². The number of hydrogen-bond donors (Lipinski definition) is 3. The number of nitrogens with one attached hydrogen (secondary N) is 2. The van der Waals surface area contributed by atoms with Crippen molar-refractivity contribution in [2.75, 3.05) is 26.7 Å². The van der Waals surface area contributed by atoms with Crippen LogP contribution in [0.4, 0.5) is 9.59 Å². The molecule has 0 saturated heterocycles. The van der Waals surface area contributed by atoms with E-state index in [1.54, 1.807) is 31.2 Å². The van der Waals surface area contributed by atoms with Gasteiger partial charge in [-0.3, -0.25) is 9.59 Å². The predicted octanol–water partition coefficient (Wildman–Crippen LogP) is 3.94. The van der Waals surface area contributed by atoms with Crippen molar-refractivity contribution in [3.63, 3.8) is 0 Å².